The van der Waals surface area contributed by atoms with Crippen molar-refractivity contribution in [2.24, 2.45) is 11.7 Å². The molecular formula is C56H44F12N12O6. The smallest absolute Gasteiger partial charge is 0.306 e. The molecule has 2 aliphatic rings. The van der Waals surface area contributed by atoms with E-state index < -0.39 is 208 Å². The minimum atomic E-state index is -2.47. The minimum absolute atomic E-state index is 0.0688. The Balaban J connectivity index is 1.07. The standard InChI is InChI=1S/C56H44F12N12O6/c1-18(2)44(55(85)70-19(3)45(69)83)72-54(84)23(15-16-25(82)86-56(4,5)6)71-24(81)12-10-8-7-9-11-20-13-14-21-22(17-20)47-73-46(21)74-48-26-28(34(59)40(65)38(63)32(26)57)50(76-48)78-52-30-31(37(62)43(68)42(67)36(30)61)53(80-52)79-51-29-27(49(75-47)77-51)33(58)39(64)41(66)35(29)60/h13-14,17-19,23,44H,7-8,10,12,15-16H2,1-6H3,(H2,69,83)(H,70,85)(H,71,81)(H,72,84)(H2,73,74,75,76,77,78,79,80)/t19-,23-,44-/m0/s1. The lowest BCUT2D eigenvalue weighted by molar-refractivity contribution is -0.155. The van der Waals surface area contributed by atoms with Gasteiger partial charge in [0, 0.05) is 36.0 Å². The number of benzene rings is 4. The van der Waals surface area contributed by atoms with Crippen LogP contribution in [0.5, 0.6) is 0 Å². The highest BCUT2D eigenvalue weighted by atomic mass is 19.2. The molecule has 7 aromatic rings. The fourth-order valence-corrected chi connectivity index (χ4v) is 9.22. The van der Waals surface area contributed by atoms with E-state index in [1.165, 1.54) is 25.1 Å². The molecule has 18 nitrogen and oxygen atoms in total. The Hall–Kier alpha value is -9.69. The van der Waals surface area contributed by atoms with Crippen LogP contribution in [0.3, 0.4) is 0 Å². The molecule has 5 heterocycles. The number of nitrogens with two attached hydrogens (primary N) is 1. The summed E-state index contributed by atoms with van der Waals surface area (Å²) in [6.45, 7) is 9.50. The Morgan fingerprint density at radius 1 is 0.558 bits per heavy atom. The van der Waals surface area contributed by atoms with Crippen LogP contribution in [0.2, 0.25) is 0 Å². The van der Waals surface area contributed by atoms with Crippen molar-refractivity contribution in [2.75, 3.05) is 0 Å². The summed E-state index contributed by atoms with van der Waals surface area (Å²) in [5.74, 6) is -29.3. The van der Waals surface area contributed by atoms with Crippen molar-refractivity contribution in [1.29, 1.82) is 0 Å². The van der Waals surface area contributed by atoms with Crippen molar-refractivity contribution in [2.45, 2.75) is 104 Å². The summed E-state index contributed by atoms with van der Waals surface area (Å²) in [6, 6.07) is 0.413. The number of primary amides is 1. The SMILES string of the molecule is CC(C)[C@H](NC(=O)[C@H](CCC(=O)OC(C)(C)C)NC(=O)CCCCC#Cc1ccc2c(c1)-c1nc-2nc2[nH]c(nc3nc(nc4[nH]c(n1)c1c(F)c(F)c(F)c(F)c41)-c1c(F)c(F)c(F)c(F)c1-3)c1c(F)c(F)c(F)c(F)c21)C(=O)N[C@@H](C)C(N)=O. The highest BCUT2D eigenvalue weighted by Gasteiger charge is 2.36. The molecule has 3 atom stereocenters. The van der Waals surface area contributed by atoms with Crippen LogP contribution in [0, 0.1) is 87.6 Å². The molecule has 4 aromatic carbocycles. The van der Waals surface area contributed by atoms with Crippen molar-refractivity contribution in [3.05, 3.63) is 93.6 Å². The molecule has 0 unspecified atom stereocenters. The number of hydrogen-bond donors (Lipinski definition) is 6. The van der Waals surface area contributed by atoms with Crippen LogP contribution in [-0.2, 0) is 28.7 Å². The van der Waals surface area contributed by atoms with Crippen LogP contribution in [0.4, 0.5) is 52.7 Å². The topological polar surface area (TPSA) is 266 Å². The number of fused-ring (bicyclic) bond motifs is 20. The predicted molar refractivity (Wildman–Crippen MR) is 281 cm³/mol. The summed E-state index contributed by atoms with van der Waals surface area (Å²) in [7, 11) is 0. The summed E-state index contributed by atoms with van der Waals surface area (Å²) < 4.78 is 190. The molecule has 7 N–H and O–H groups in total. The summed E-state index contributed by atoms with van der Waals surface area (Å²) in [5, 5.41) is 2.73. The van der Waals surface area contributed by atoms with E-state index in [-0.39, 0.29) is 55.2 Å². The van der Waals surface area contributed by atoms with Crippen molar-refractivity contribution in [3.63, 3.8) is 0 Å². The Kier molecular flexibility index (Phi) is 16.6. The lowest BCUT2D eigenvalue weighted by Crippen LogP contribution is -2.57. The van der Waals surface area contributed by atoms with Crippen molar-refractivity contribution < 1.29 is 81.4 Å². The molecule has 9 rings (SSSR count). The first-order chi connectivity index (χ1) is 40.5. The maximum absolute atomic E-state index is 16.0. The predicted octanol–water partition coefficient (Wildman–Crippen LogP) is 9.19. The monoisotopic (exact) mass is 1210 g/mol. The van der Waals surface area contributed by atoms with Gasteiger partial charge in [-0.3, -0.25) is 24.0 Å². The molecule has 0 saturated heterocycles. The number of unbranched alkanes of at least 4 members (excludes halogenated alkanes) is 2. The van der Waals surface area contributed by atoms with Crippen LogP contribution in [0.15, 0.2) is 18.2 Å². The number of aromatic amines is 2. The second kappa shape index (κ2) is 23.4. The van der Waals surface area contributed by atoms with Gasteiger partial charge in [-0.15, -0.1) is 0 Å². The van der Waals surface area contributed by atoms with Gasteiger partial charge in [0.05, 0.1) is 32.7 Å². The van der Waals surface area contributed by atoms with E-state index in [0.717, 1.165) is 0 Å². The number of nitrogens with zero attached hydrogens (tertiary/aromatic N) is 6. The van der Waals surface area contributed by atoms with E-state index >= 15 is 39.5 Å². The molecule has 0 aliphatic carbocycles. The molecule has 8 bridgehead atoms. The van der Waals surface area contributed by atoms with Gasteiger partial charge in [0.1, 0.15) is 46.3 Å². The second-order valence-electron chi connectivity index (χ2n) is 21.0. The molecule has 4 amide bonds. The molecule has 0 spiro atoms. The first kappa shape index (κ1) is 60.9. The van der Waals surface area contributed by atoms with E-state index in [1.807, 2.05) is 0 Å². The van der Waals surface area contributed by atoms with Crippen LogP contribution in [0.25, 0.3) is 89.7 Å². The molecule has 0 radical (unpaired) electrons. The number of carbonyl (C=O) groups is 5. The van der Waals surface area contributed by atoms with Crippen LogP contribution >= 0.6 is 0 Å². The molecule has 0 saturated carbocycles. The van der Waals surface area contributed by atoms with Gasteiger partial charge in [0.25, 0.3) is 0 Å². The van der Waals surface area contributed by atoms with Gasteiger partial charge < -0.3 is 36.4 Å². The van der Waals surface area contributed by atoms with Gasteiger partial charge in [-0.2, -0.15) is 0 Å². The third-order valence-corrected chi connectivity index (χ3v) is 13.4. The minimum Gasteiger partial charge on any atom is -0.460 e. The quantitative estimate of drug-likeness (QED) is 0.0149. The van der Waals surface area contributed by atoms with Crippen molar-refractivity contribution >= 4 is 73.7 Å². The third-order valence-electron chi connectivity index (χ3n) is 13.4. The van der Waals surface area contributed by atoms with E-state index in [1.54, 1.807) is 34.6 Å². The summed E-state index contributed by atoms with van der Waals surface area (Å²) in [6.07, 6.45) is -0.122. The fraction of sp³-hybridized carbons (Fsp3) is 0.304. The Bertz CT molecular complexity index is 4330. The lowest BCUT2D eigenvalue weighted by atomic mass is 10.0. The summed E-state index contributed by atoms with van der Waals surface area (Å²) >= 11 is 0. The average molecular weight is 1210 g/mol. The number of rotatable bonds is 14. The number of hydrogen-bond acceptors (Lipinski definition) is 12. The molecule has 86 heavy (non-hydrogen) atoms. The third kappa shape index (κ3) is 11.5. The maximum Gasteiger partial charge on any atom is 0.306 e. The highest BCUT2D eigenvalue weighted by Crippen LogP contribution is 2.43. The van der Waals surface area contributed by atoms with Crippen LogP contribution in [-0.4, -0.2) is 93.2 Å². The van der Waals surface area contributed by atoms with Gasteiger partial charge in [-0.25, -0.2) is 82.6 Å². The maximum atomic E-state index is 16.0. The number of esters is 1. The molecular weight excluding hydrogens is 1160 g/mol. The fourth-order valence-electron chi connectivity index (χ4n) is 9.22. The number of nitrogens with one attached hydrogen (secondary N) is 5. The molecule has 3 aromatic heterocycles. The summed E-state index contributed by atoms with van der Waals surface area (Å²) in [4.78, 5) is 93.0. The van der Waals surface area contributed by atoms with Gasteiger partial charge >= 0.3 is 5.97 Å². The largest absolute Gasteiger partial charge is 0.460 e. The van der Waals surface area contributed by atoms with Crippen molar-refractivity contribution in [3.8, 4) is 57.4 Å². The van der Waals surface area contributed by atoms with E-state index in [2.05, 4.69) is 67.7 Å². The van der Waals surface area contributed by atoms with Crippen molar-refractivity contribution in [1.82, 2.24) is 55.8 Å². The Morgan fingerprint density at radius 2 is 1.01 bits per heavy atom. The number of amides is 4. The number of aromatic nitrogens is 8. The zero-order valence-corrected chi connectivity index (χ0v) is 45.5. The van der Waals surface area contributed by atoms with Crippen LogP contribution in [0.1, 0.15) is 85.6 Å². The van der Waals surface area contributed by atoms with E-state index in [4.69, 9.17) is 10.5 Å². The molecule has 30 heteroatoms. The highest BCUT2D eigenvalue weighted by molar-refractivity contribution is 6.07. The number of halogens is 12. The number of carbonyl (C=O) groups excluding carboxylic acids is 5. The zero-order valence-electron chi connectivity index (χ0n) is 45.5. The van der Waals surface area contributed by atoms with Gasteiger partial charge in [-0.1, -0.05) is 25.7 Å². The molecule has 2 aliphatic heterocycles. The number of H-pyrrole nitrogens is 2. The lowest BCUT2D eigenvalue weighted by Gasteiger charge is -2.26. The van der Waals surface area contributed by atoms with Gasteiger partial charge in [0.2, 0.25) is 23.6 Å². The normalized spacial score (nSPS) is 13.0. The van der Waals surface area contributed by atoms with Gasteiger partial charge in [-0.05, 0) is 71.1 Å². The second-order valence-corrected chi connectivity index (χ2v) is 21.0. The molecule has 0 fully saturated rings. The first-order valence-electron chi connectivity index (χ1n) is 25.9. The Morgan fingerprint density at radius 3 is 1.48 bits per heavy atom. The molecule has 448 valence electrons. The van der Waals surface area contributed by atoms with E-state index in [0.29, 0.717) is 0 Å². The zero-order chi connectivity index (χ0) is 62.7. The summed E-state index contributed by atoms with van der Waals surface area (Å²) in [5.41, 5.74) is -2.32. The average Bonchev–Trinajstić information content (AvgIpc) is 1.78. The first-order valence-corrected chi connectivity index (χ1v) is 25.9. The van der Waals surface area contributed by atoms with E-state index in [9.17, 15) is 37.1 Å². The number of ether oxygens (including phenoxy) is 1. The van der Waals surface area contributed by atoms with Gasteiger partial charge in [0.15, 0.2) is 93.1 Å². The van der Waals surface area contributed by atoms with Crippen LogP contribution < -0.4 is 21.7 Å². The Labute approximate surface area is 476 Å².